The van der Waals surface area contributed by atoms with Crippen LogP contribution in [0.1, 0.15) is 6.92 Å². The van der Waals surface area contributed by atoms with Crippen LogP contribution in [0.4, 0.5) is 5.69 Å². The molecule has 0 heterocycles. The van der Waals surface area contributed by atoms with Gasteiger partial charge < -0.3 is 5.32 Å². The minimum absolute atomic E-state index is 0.0812. The van der Waals surface area contributed by atoms with Crippen molar-refractivity contribution in [2.75, 3.05) is 5.32 Å². The first kappa shape index (κ1) is 10.5. The maximum atomic E-state index is 11.2. The van der Waals surface area contributed by atoms with Crippen LogP contribution in [0, 0.1) is 0 Å². The van der Waals surface area contributed by atoms with Crippen molar-refractivity contribution in [3.8, 4) is 0 Å². The summed E-state index contributed by atoms with van der Waals surface area (Å²) in [5.41, 5.74) is 0.712. The van der Waals surface area contributed by atoms with Gasteiger partial charge in [0, 0.05) is 10.7 Å². The van der Waals surface area contributed by atoms with Gasteiger partial charge in [0.1, 0.15) is 0 Å². The third-order valence-electron chi connectivity index (χ3n) is 1.45. The van der Waals surface area contributed by atoms with Crippen molar-refractivity contribution in [2.45, 2.75) is 11.8 Å². The molecule has 1 rings (SSSR count). The van der Waals surface area contributed by atoms with Gasteiger partial charge >= 0.3 is 0 Å². The predicted molar refractivity (Wildman–Crippen MR) is 58.5 cm³/mol. The van der Waals surface area contributed by atoms with Crippen LogP contribution in [0.15, 0.2) is 24.3 Å². The number of nitrogens with one attached hydrogen (secondary N) is 1. The van der Waals surface area contributed by atoms with E-state index in [9.17, 15) is 4.79 Å². The summed E-state index contributed by atoms with van der Waals surface area (Å²) in [6.45, 7) is 1.76. The molecule has 0 aromatic heterocycles. The summed E-state index contributed by atoms with van der Waals surface area (Å²) in [7, 11) is 0. The zero-order chi connectivity index (χ0) is 9.84. The van der Waals surface area contributed by atoms with E-state index in [1.54, 1.807) is 31.2 Å². The molecule has 1 N–H and O–H groups in total. The summed E-state index contributed by atoms with van der Waals surface area (Å²) >= 11 is 8.92. The van der Waals surface area contributed by atoms with E-state index in [0.717, 1.165) is 0 Å². The average Bonchev–Trinajstić information content (AvgIpc) is 2.04. The van der Waals surface area contributed by atoms with Crippen LogP contribution in [0.5, 0.6) is 0 Å². The van der Waals surface area contributed by atoms with E-state index in [0.29, 0.717) is 10.7 Å². The van der Waals surface area contributed by atoms with Crippen molar-refractivity contribution in [2.24, 2.45) is 0 Å². The Hall–Kier alpha value is -0.540. The lowest BCUT2D eigenvalue weighted by atomic mass is 10.3. The van der Waals surface area contributed by atoms with E-state index in [-0.39, 0.29) is 10.7 Å². The van der Waals surface area contributed by atoms with Gasteiger partial charge in [0.15, 0.2) is 0 Å². The van der Waals surface area contributed by atoms with Crippen molar-refractivity contribution in [3.63, 3.8) is 0 Å². The van der Waals surface area contributed by atoms with Gasteiger partial charge in [-0.15, -0.1) is 0 Å². The Bertz CT molecular complexity index is 314. The number of carbonyl (C=O) groups excluding carboxylic acids is 1. The summed E-state index contributed by atoms with van der Waals surface area (Å²) < 4.78 is 0. The highest BCUT2D eigenvalue weighted by molar-refractivity contribution is 9.10. The smallest absolute Gasteiger partial charge is 0.237 e. The lowest BCUT2D eigenvalue weighted by Crippen LogP contribution is -2.19. The number of rotatable bonds is 2. The van der Waals surface area contributed by atoms with Crippen molar-refractivity contribution < 1.29 is 4.79 Å². The molecule has 0 bridgehead atoms. The highest BCUT2D eigenvalue weighted by Crippen LogP contribution is 2.15. The van der Waals surface area contributed by atoms with Crippen molar-refractivity contribution in [3.05, 3.63) is 29.3 Å². The lowest BCUT2D eigenvalue weighted by molar-refractivity contribution is -0.115. The molecule has 13 heavy (non-hydrogen) atoms. The molecule has 0 spiro atoms. The number of hydrogen-bond donors (Lipinski definition) is 1. The molecule has 1 atom stereocenters. The van der Waals surface area contributed by atoms with Crippen molar-refractivity contribution in [1.82, 2.24) is 0 Å². The Morgan fingerprint density at radius 3 is 2.85 bits per heavy atom. The van der Waals surface area contributed by atoms with E-state index >= 15 is 0 Å². The maximum absolute atomic E-state index is 11.2. The van der Waals surface area contributed by atoms with Gasteiger partial charge in [0.25, 0.3) is 0 Å². The lowest BCUT2D eigenvalue weighted by Gasteiger charge is -2.06. The van der Waals surface area contributed by atoms with Crippen LogP contribution in [0.2, 0.25) is 5.02 Å². The third kappa shape index (κ3) is 3.36. The minimum Gasteiger partial charge on any atom is -0.325 e. The highest BCUT2D eigenvalue weighted by Gasteiger charge is 2.08. The van der Waals surface area contributed by atoms with Gasteiger partial charge in [-0.25, -0.2) is 0 Å². The summed E-state index contributed by atoms with van der Waals surface area (Å²) in [6, 6.07) is 7.04. The normalized spacial score (nSPS) is 12.2. The molecule has 1 aromatic rings. The van der Waals surface area contributed by atoms with Crippen molar-refractivity contribution >= 4 is 39.1 Å². The summed E-state index contributed by atoms with van der Waals surface area (Å²) in [6.07, 6.45) is 0. The minimum atomic E-state index is -0.202. The SMILES string of the molecule is C[C@H](Br)C(=O)Nc1cccc(Cl)c1. The second-order valence-corrected chi connectivity index (χ2v) is 4.43. The van der Waals surface area contributed by atoms with Crippen LogP contribution in [-0.4, -0.2) is 10.7 Å². The molecular weight excluding hydrogens is 253 g/mol. The van der Waals surface area contributed by atoms with Crippen LogP contribution < -0.4 is 5.32 Å². The van der Waals surface area contributed by atoms with Gasteiger partial charge in [0.2, 0.25) is 5.91 Å². The molecule has 70 valence electrons. The zero-order valence-electron chi connectivity index (χ0n) is 7.05. The topological polar surface area (TPSA) is 29.1 Å². The number of hydrogen-bond acceptors (Lipinski definition) is 1. The number of amides is 1. The fourth-order valence-electron chi connectivity index (χ4n) is 0.808. The molecule has 0 unspecified atom stereocenters. The second kappa shape index (κ2) is 4.63. The van der Waals surface area contributed by atoms with Gasteiger partial charge in [-0.1, -0.05) is 33.6 Å². The number of anilines is 1. The first-order chi connectivity index (χ1) is 6.09. The van der Waals surface area contributed by atoms with E-state index in [4.69, 9.17) is 11.6 Å². The molecule has 0 aliphatic heterocycles. The summed E-state index contributed by atoms with van der Waals surface area (Å²) in [5, 5.41) is 3.32. The monoisotopic (exact) mass is 261 g/mol. The molecule has 2 nitrogen and oxygen atoms in total. The average molecular weight is 263 g/mol. The molecule has 4 heteroatoms. The fraction of sp³-hybridized carbons (Fsp3) is 0.222. The zero-order valence-corrected chi connectivity index (χ0v) is 9.39. The summed E-state index contributed by atoms with van der Waals surface area (Å²) in [5.74, 6) is -0.0812. The molecule has 0 fully saturated rings. The van der Waals surface area contributed by atoms with Gasteiger partial charge in [-0.3, -0.25) is 4.79 Å². The molecule has 0 saturated carbocycles. The Morgan fingerprint density at radius 2 is 2.31 bits per heavy atom. The quantitative estimate of drug-likeness (QED) is 0.816. The third-order valence-corrected chi connectivity index (χ3v) is 2.10. The van der Waals surface area contributed by atoms with Crippen LogP contribution in [-0.2, 0) is 4.79 Å². The van der Waals surface area contributed by atoms with Gasteiger partial charge in [0.05, 0.1) is 4.83 Å². The fourth-order valence-corrected chi connectivity index (χ4v) is 1.11. The Balaban J connectivity index is 2.69. The standard InChI is InChI=1S/C9H9BrClNO/c1-6(10)9(13)12-8-4-2-3-7(11)5-8/h2-6H,1H3,(H,12,13)/t6-/m0/s1. The highest BCUT2D eigenvalue weighted by atomic mass is 79.9. The summed E-state index contributed by atoms with van der Waals surface area (Å²) in [4.78, 5) is 11.0. The Kier molecular flexibility index (Phi) is 3.75. The molecule has 0 aliphatic rings. The molecule has 0 saturated heterocycles. The largest absolute Gasteiger partial charge is 0.325 e. The molecule has 1 aromatic carbocycles. The van der Waals surface area contributed by atoms with E-state index in [1.807, 2.05) is 0 Å². The molecule has 0 aliphatic carbocycles. The van der Waals surface area contributed by atoms with Crippen LogP contribution >= 0.6 is 27.5 Å². The first-order valence-corrected chi connectivity index (χ1v) is 5.09. The number of alkyl halides is 1. The maximum Gasteiger partial charge on any atom is 0.237 e. The van der Waals surface area contributed by atoms with Crippen molar-refractivity contribution in [1.29, 1.82) is 0 Å². The number of carbonyl (C=O) groups is 1. The molecule has 0 radical (unpaired) electrons. The van der Waals surface area contributed by atoms with Gasteiger partial charge in [-0.2, -0.15) is 0 Å². The van der Waals surface area contributed by atoms with E-state index in [1.165, 1.54) is 0 Å². The Labute approximate surface area is 90.4 Å². The first-order valence-electron chi connectivity index (χ1n) is 3.80. The van der Waals surface area contributed by atoms with Crippen LogP contribution in [0.25, 0.3) is 0 Å². The van der Waals surface area contributed by atoms with E-state index < -0.39 is 0 Å². The molecule has 1 amide bonds. The van der Waals surface area contributed by atoms with Gasteiger partial charge in [-0.05, 0) is 25.1 Å². The van der Waals surface area contributed by atoms with E-state index in [2.05, 4.69) is 21.2 Å². The number of halogens is 2. The number of benzene rings is 1. The Morgan fingerprint density at radius 1 is 1.62 bits per heavy atom. The second-order valence-electron chi connectivity index (χ2n) is 2.62. The van der Waals surface area contributed by atoms with Crippen LogP contribution in [0.3, 0.4) is 0 Å². The molecular formula is C9H9BrClNO. The predicted octanol–water partition coefficient (Wildman–Crippen LogP) is 3.06.